The molecule has 25 heavy (non-hydrogen) atoms. The van der Waals surface area contributed by atoms with Crippen LogP contribution in [0.15, 0.2) is 16.7 Å². The molecule has 134 valence electrons. The van der Waals surface area contributed by atoms with E-state index < -0.39 is 0 Å². The average molecular weight is 343 g/mol. The van der Waals surface area contributed by atoms with E-state index in [0.29, 0.717) is 6.61 Å². The Bertz CT molecular complexity index is 725. The van der Waals surface area contributed by atoms with Crippen molar-refractivity contribution in [1.29, 1.82) is 0 Å². The molecule has 0 aromatic carbocycles. The van der Waals surface area contributed by atoms with Gasteiger partial charge in [-0.2, -0.15) is 5.10 Å². The number of hydrogen-bond acceptors (Lipinski definition) is 7. The Balaban J connectivity index is 1.35. The van der Waals surface area contributed by atoms with Crippen molar-refractivity contribution in [2.45, 2.75) is 51.8 Å². The Morgan fingerprint density at radius 1 is 1.28 bits per heavy atom. The van der Waals surface area contributed by atoms with Gasteiger partial charge in [0.1, 0.15) is 11.6 Å². The highest BCUT2D eigenvalue weighted by molar-refractivity contribution is 5.34. The molecule has 2 saturated heterocycles. The summed E-state index contributed by atoms with van der Waals surface area (Å²) >= 11 is 0. The predicted octanol–water partition coefficient (Wildman–Crippen LogP) is 2.24. The van der Waals surface area contributed by atoms with Gasteiger partial charge >= 0.3 is 0 Å². The zero-order valence-corrected chi connectivity index (χ0v) is 15.1. The van der Waals surface area contributed by atoms with Crippen molar-refractivity contribution < 1.29 is 9.26 Å². The molecule has 4 heterocycles. The molecule has 0 aliphatic carbocycles. The van der Waals surface area contributed by atoms with Crippen LogP contribution in [-0.4, -0.2) is 51.6 Å². The summed E-state index contributed by atoms with van der Waals surface area (Å²) in [5.41, 5.74) is 3.08. The van der Waals surface area contributed by atoms with Crippen molar-refractivity contribution in [3.63, 3.8) is 0 Å². The topological polar surface area (TPSA) is 76.3 Å². The normalized spacial score (nSPS) is 26.6. The van der Waals surface area contributed by atoms with Gasteiger partial charge < -0.3 is 14.6 Å². The zero-order valence-electron chi connectivity index (χ0n) is 15.1. The maximum atomic E-state index is 6.23. The third-order valence-electron chi connectivity index (χ3n) is 5.32. The summed E-state index contributed by atoms with van der Waals surface area (Å²) < 4.78 is 11.5. The monoisotopic (exact) mass is 343 g/mol. The lowest BCUT2D eigenvalue weighted by Gasteiger charge is -2.23. The minimum Gasteiger partial charge on any atom is -0.371 e. The molecule has 2 aromatic heterocycles. The summed E-state index contributed by atoms with van der Waals surface area (Å²) in [6.45, 7) is 9.52. The molecule has 2 unspecified atom stereocenters. The Morgan fingerprint density at radius 3 is 2.88 bits per heavy atom. The van der Waals surface area contributed by atoms with Crippen LogP contribution in [0, 0.1) is 20.8 Å². The van der Waals surface area contributed by atoms with Crippen LogP contribution in [0.2, 0.25) is 0 Å². The number of ether oxygens (including phenoxy) is 1. The molecule has 2 aromatic rings. The first-order valence-electron chi connectivity index (χ1n) is 8.88. The molecule has 2 aliphatic heterocycles. The lowest BCUT2D eigenvalue weighted by Crippen LogP contribution is -2.33. The third kappa shape index (κ3) is 3.39. The van der Waals surface area contributed by atoms with Crippen molar-refractivity contribution >= 4 is 5.82 Å². The molecule has 0 radical (unpaired) electrons. The summed E-state index contributed by atoms with van der Waals surface area (Å²) in [7, 11) is 0. The summed E-state index contributed by atoms with van der Waals surface area (Å²) in [4.78, 5) is 2.45. The third-order valence-corrected chi connectivity index (χ3v) is 5.32. The van der Waals surface area contributed by atoms with Crippen molar-refractivity contribution in [1.82, 2.24) is 20.3 Å². The standard InChI is InChI=1S/C18H25N5O2/c1-12-4-5-17(21-20-12)19-15-8-18(24-10-15)6-7-23(11-18)9-16-13(2)22-25-14(16)3/h4-5,15H,6-11H2,1-3H3,(H,19,21). The first-order valence-corrected chi connectivity index (χ1v) is 8.88. The molecular weight excluding hydrogens is 318 g/mol. The number of hydrogen-bond donors (Lipinski definition) is 1. The Labute approximate surface area is 147 Å². The Hall–Kier alpha value is -1.99. The first kappa shape index (κ1) is 16.5. The average Bonchev–Trinajstić information content (AvgIpc) is 3.27. The highest BCUT2D eigenvalue weighted by atomic mass is 16.5. The number of rotatable bonds is 4. The van der Waals surface area contributed by atoms with E-state index in [1.54, 1.807) is 0 Å². The van der Waals surface area contributed by atoms with Gasteiger partial charge in [-0.1, -0.05) is 5.16 Å². The molecule has 4 rings (SSSR count). The number of nitrogens with one attached hydrogen (secondary N) is 1. The lowest BCUT2D eigenvalue weighted by atomic mass is 9.97. The van der Waals surface area contributed by atoms with Gasteiger partial charge in [-0.05, 0) is 39.3 Å². The molecule has 7 nitrogen and oxygen atoms in total. The van der Waals surface area contributed by atoms with Crippen LogP contribution in [0.25, 0.3) is 0 Å². The maximum Gasteiger partial charge on any atom is 0.148 e. The molecule has 1 spiro atoms. The lowest BCUT2D eigenvalue weighted by molar-refractivity contribution is 0.0119. The van der Waals surface area contributed by atoms with Gasteiger partial charge in [-0.15, -0.1) is 5.10 Å². The van der Waals surface area contributed by atoms with E-state index >= 15 is 0 Å². The van der Waals surface area contributed by atoms with Crippen molar-refractivity contribution in [2.24, 2.45) is 0 Å². The summed E-state index contributed by atoms with van der Waals surface area (Å²) in [5, 5.41) is 15.8. The first-order chi connectivity index (χ1) is 12.0. The van der Waals surface area contributed by atoms with E-state index in [4.69, 9.17) is 9.26 Å². The Morgan fingerprint density at radius 2 is 2.16 bits per heavy atom. The minimum atomic E-state index is -0.0469. The number of likely N-dealkylation sites (tertiary alicyclic amines) is 1. The van der Waals surface area contributed by atoms with Crippen molar-refractivity contribution in [2.75, 3.05) is 25.0 Å². The molecule has 0 amide bonds. The Kier molecular flexibility index (Phi) is 4.21. The zero-order chi connectivity index (χ0) is 17.4. The van der Waals surface area contributed by atoms with Crippen LogP contribution in [0.3, 0.4) is 0 Å². The molecule has 2 fully saturated rings. The second-order valence-corrected chi connectivity index (χ2v) is 7.36. The van der Waals surface area contributed by atoms with Gasteiger partial charge in [0.25, 0.3) is 0 Å². The van der Waals surface area contributed by atoms with E-state index in [1.165, 1.54) is 5.56 Å². The van der Waals surface area contributed by atoms with Gasteiger partial charge in [0.15, 0.2) is 0 Å². The van der Waals surface area contributed by atoms with Crippen LogP contribution in [0.5, 0.6) is 0 Å². The van der Waals surface area contributed by atoms with E-state index in [-0.39, 0.29) is 11.6 Å². The highest BCUT2D eigenvalue weighted by Gasteiger charge is 2.45. The summed E-state index contributed by atoms with van der Waals surface area (Å²) in [5.74, 6) is 1.74. The maximum absolute atomic E-state index is 6.23. The molecule has 0 bridgehead atoms. The summed E-state index contributed by atoms with van der Waals surface area (Å²) in [6, 6.07) is 4.24. The predicted molar refractivity (Wildman–Crippen MR) is 93.4 cm³/mol. The highest BCUT2D eigenvalue weighted by Crippen LogP contribution is 2.36. The van der Waals surface area contributed by atoms with Gasteiger partial charge in [0, 0.05) is 31.6 Å². The van der Waals surface area contributed by atoms with E-state index in [9.17, 15) is 0 Å². The van der Waals surface area contributed by atoms with Crippen molar-refractivity contribution in [3.05, 3.63) is 34.8 Å². The van der Waals surface area contributed by atoms with Crippen LogP contribution in [0.4, 0.5) is 5.82 Å². The number of aromatic nitrogens is 3. The van der Waals surface area contributed by atoms with E-state index in [2.05, 4.69) is 25.6 Å². The van der Waals surface area contributed by atoms with E-state index in [0.717, 1.165) is 55.4 Å². The second-order valence-electron chi connectivity index (χ2n) is 7.36. The van der Waals surface area contributed by atoms with E-state index in [1.807, 2.05) is 32.9 Å². The fourth-order valence-electron chi connectivity index (χ4n) is 3.92. The minimum absolute atomic E-state index is 0.0469. The fourth-order valence-corrected chi connectivity index (χ4v) is 3.92. The molecule has 0 saturated carbocycles. The quantitative estimate of drug-likeness (QED) is 0.912. The van der Waals surface area contributed by atoms with Crippen molar-refractivity contribution in [3.8, 4) is 0 Å². The number of nitrogens with zero attached hydrogens (tertiary/aromatic N) is 4. The largest absolute Gasteiger partial charge is 0.371 e. The SMILES string of the molecule is Cc1ccc(NC2COC3(CCN(Cc4c(C)noc4C)C3)C2)nn1. The van der Waals surface area contributed by atoms with Crippen LogP contribution >= 0.6 is 0 Å². The molecule has 2 atom stereocenters. The van der Waals surface area contributed by atoms with Gasteiger partial charge in [-0.25, -0.2) is 0 Å². The van der Waals surface area contributed by atoms with Crippen LogP contribution in [0.1, 0.15) is 35.6 Å². The van der Waals surface area contributed by atoms with Crippen LogP contribution in [-0.2, 0) is 11.3 Å². The molecule has 2 aliphatic rings. The number of anilines is 1. The van der Waals surface area contributed by atoms with Gasteiger partial charge in [0.05, 0.1) is 29.6 Å². The molecular formula is C18H25N5O2. The van der Waals surface area contributed by atoms with Crippen LogP contribution < -0.4 is 5.32 Å². The summed E-state index contributed by atoms with van der Waals surface area (Å²) in [6.07, 6.45) is 2.06. The molecule has 1 N–H and O–H groups in total. The smallest absolute Gasteiger partial charge is 0.148 e. The fraction of sp³-hybridized carbons (Fsp3) is 0.611. The van der Waals surface area contributed by atoms with Gasteiger partial charge in [0.2, 0.25) is 0 Å². The second kappa shape index (κ2) is 6.38. The molecule has 7 heteroatoms. The van der Waals surface area contributed by atoms with Gasteiger partial charge in [-0.3, -0.25) is 4.90 Å². The number of aryl methyl sites for hydroxylation is 3.